The number of ether oxygens (including phenoxy) is 3. The van der Waals surface area contributed by atoms with Gasteiger partial charge in [0.1, 0.15) is 23.5 Å². The highest BCUT2D eigenvalue weighted by Crippen LogP contribution is 2.32. The Bertz CT molecular complexity index is 711. The summed E-state index contributed by atoms with van der Waals surface area (Å²) in [5.41, 5.74) is -0.00119. The molecule has 0 aliphatic carbocycles. The van der Waals surface area contributed by atoms with Crippen LogP contribution in [-0.2, 0) is 14.3 Å². The first-order chi connectivity index (χ1) is 13.6. The van der Waals surface area contributed by atoms with Gasteiger partial charge in [0, 0.05) is 5.92 Å². The van der Waals surface area contributed by atoms with E-state index in [1.54, 1.807) is 27.7 Å². The van der Waals surface area contributed by atoms with Gasteiger partial charge in [-0.25, -0.2) is 9.59 Å². The Kier molecular flexibility index (Phi) is 8.56. The molecule has 1 rings (SSSR count). The van der Waals surface area contributed by atoms with E-state index >= 15 is 0 Å². The monoisotopic (exact) mass is 433 g/mol. The van der Waals surface area contributed by atoms with Gasteiger partial charge >= 0.3 is 18.4 Å². The Morgan fingerprint density at radius 2 is 1.50 bits per heavy atom. The van der Waals surface area contributed by atoms with Gasteiger partial charge in [-0.05, 0) is 58.2 Å². The molecule has 1 aromatic rings. The minimum atomic E-state index is -4.76. The lowest BCUT2D eigenvalue weighted by Gasteiger charge is -2.29. The number of alkyl carbamates (subject to hydrolysis) is 1. The van der Waals surface area contributed by atoms with Crippen LogP contribution in [0.2, 0.25) is 0 Å². The van der Waals surface area contributed by atoms with Crippen LogP contribution >= 0.6 is 0 Å². The van der Waals surface area contributed by atoms with Crippen molar-refractivity contribution in [2.24, 2.45) is 5.92 Å². The highest BCUT2D eigenvalue weighted by molar-refractivity contribution is 5.81. The Balaban J connectivity index is 2.81. The number of alkyl halides is 3. The molecule has 0 spiro atoms. The van der Waals surface area contributed by atoms with Gasteiger partial charge in [-0.3, -0.25) is 0 Å². The molecule has 1 N–H and O–H groups in total. The predicted octanol–water partition coefficient (Wildman–Crippen LogP) is 5.17. The molecule has 1 aromatic carbocycles. The fourth-order valence-corrected chi connectivity index (χ4v) is 2.99. The molecule has 0 aliphatic heterocycles. The molecule has 3 atom stereocenters. The van der Waals surface area contributed by atoms with E-state index in [0.29, 0.717) is 5.56 Å². The molecule has 0 bridgehead atoms. The first-order valence-corrected chi connectivity index (χ1v) is 9.64. The number of esters is 1. The third-order valence-electron chi connectivity index (χ3n) is 4.11. The molecule has 1 amide bonds. The predicted molar refractivity (Wildman–Crippen MR) is 105 cm³/mol. The van der Waals surface area contributed by atoms with Crippen molar-refractivity contribution in [1.29, 1.82) is 0 Å². The summed E-state index contributed by atoms with van der Waals surface area (Å²) in [7, 11) is 0. The number of amides is 1. The molecule has 0 unspecified atom stereocenters. The second-order valence-electron chi connectivity index (χ2n) is 8.40. The molecular weight excluding hydrogens is 403 g/mol. The minimum absolute atomic E-state index is 0.0244. The molecule has 0 heterocycles. The molecule has 0 aliphatic rings. The van der Waals surface area contributed by atoms with Gasteiger partial charge in [0.2, 0.25) is 0 Å². The number of nitrogens with one attached hydrogen (secondary N) is 1. The van der Waals surface area contributed by atoms with E-state index in [0.717, 1.165) is 0 Å². The summed E-state index contributed by atoms with van der Waals surface area (Å²) in [6.45, 7) is 12.1. The van der Waals surface area contributed by atoms with Crippen LogP contribution < -0.4 is 10.1 Å². The van der Waals surface area contributed by atoms with Crippen molar-refractivity contribution in [2.75, 3.05) is 0 Å². The van der Waals surface area contributed by atoms with Crippen LogP contribution in [0, 0.1) is 5.92 Å². The topological polar surface area (TPSA) is 73.9 Å². The van der Waals surface area contributed by atoms with Crippen LogP contribution in [0.4, 0.5) is 18.0 Å². The van der Waals surface area contributed by atoms with E-state index in [9.17, 15) is 22.8 Å². The molecular formula is C21H30F3NO5. The lowest BCUT2D eigenvalue weighted by Crippen LogP contribution is -2.43. The van der Waals surface area contributed by atoms with Crippen LogP contribution in [-0.4, -0.2) is 36.2 Å². The third kappa shape index (κ3) is 8.92. The molecule has 9 heteroatoms. The summed E-state index contributed by atoms with van der Waals surface area (Å²) in [5, 5.41) is 2.42. The van der Waals surface area contributed by atoms with Gasteiger partial charge in [-0.15, -0.1) is 13.2 Å². The van der Waals surface area contributed by atoms with Crippen LogP contribution in [0.25, 0.3) is 0 Å². The summed E-state index contributed by atoms with van der Waals surface area (Å²) < 4.78 is 51.5. The number of hydrogen-bond acceptors (Lipinski definition) is 5. The average Bonchev–Trinajstić information content (AvgIpc) is 2.52. The number of halogens is 3. The van der Waals surface area contributed by atoms with Crippen molar-refractivity contribution in [3.63, 3.8) is 0 Å². The quantitative estimate of drug-likeness (QED) is 0.601. The van der Waals surface area contributed by atoms with Crippen LogP contribution in [0.15, 0.2) is 24.3 Å². The number of carbonyl (C=O) groups excluding carboxylic acids is 2. The zero-order valence-electron chi connectivity index (χ0n) is 18.3. The van der Waals surface area contributed by atoms with Crippen molar-refractivity contribution in [3.8, 4) is 5.75 Å². The van der Waals surface area contributed by atoms with Crippen LogP contribution in [0.5, 0.6) is 5.75 Å². The average molecular weight is 433 g/mol. The lowest BCUT2D eigenvalue weighted by molar-refractivity contribution is -0.274. The maximum atomic E-state index is 12.4. The van der Waals surface area contributed by atoms with Crippen LogP contribution in [0.3, 0.4) is 0 Å². The van der Waals surface area contributed by atoms with Gasteiger partial charge in [0.15, 0.2) is 0 Å². The Morgan fingerprint density at radius 3 is 1.93 bits per heavy atom. The number of rotatable bonds is 7. The maximum Gasteiger partial charge on any atom is 0.573 e. The van der Waals surface area contributed by atoms with E-state index < -0.39 is 36.2 Å². The SMILES string of the molecule is CC(C)[C@@H](c1ccc(OC(F)(F)F)cc1)[C@H](C)OC(=O)[C@H](C)NC(=O)OC(C)(C)C. The number of carbonyl (C=O) groups is 2. The fraction of sp³-hybridized carbons (Fsp3) is 0.619. The molecule has 170 valence electrons. The molecule has 6 nitrogen and oxygen atoms in total. The van der Waals surface area contributed by atoms with Crippen molar-refractivity contribution in [1.82, 2.24) is 5.32 Å². The van der Waals surface area contributed by atoms with E-state index in [4.69, 9.17) is 9.47 Å². The number of benzene rings is 1. The summed E-state index contributed by atoms with van der Waals surface area (Å²) in [5.74, 6) is -1.22. The summed E-state index contributed by atoms with van der Waals surface area (Å²) >= 11 is 0. The van der Waals surface area contributed by atoms with Crippen LogP contribution in [0.1, 0.15) is 59.9 Å². The van der Waals surface area contributed by atoms with Gasteiger partial charge < -0.3 is 19.5 Å². The molecule has 0 fully saturated rings. The van der Waals surface area contributed by atoms with Gasteiger partial charge in [0.05, 0.1) is 0 Å². The standard InChI is InChI=1S/C21H30F3NO5/c1-12(2)17(15-8-10-16(11-9-15)29-21(22,23)24)14(4)28-18(26)13(3)25-19(27)30-20(5,6)7/h8-14,17H,1-7H3,(H,25,27)/t13-,14-,17+/m0/s1. The van der Waals surface area contributed by atoms with E-state index in [1.807, 2.05) is 13.8 Å². The zero-order chi connectivity index (χ0) is 23.3. The summed E-state index contributed by atoms with van der Waals surface area (Å²) in [6, 6.07) is 4.54. The zero-order valence-corrected chi connectivity index (χ0v) is 18.3. The van der Waals surface area contributed by atoms with Crippen molar-refractivity contribution in [2.45, 2.75) is 78.5 Å². The van der Waals surface area contributed by atoms with E-state index in [1.165, 1.54) is 31.2 Å². The summed E-state index contributed by atoms with van der Waals surface area (Å²) in [4.78, 5) is 24.2. The first kappa shape index (κ1) is 25.6. The molecule has 0 saturated carbocycles. The van der Waals surface area contributed by atoms with Gasteiger partial charge in [-0.2, -0.15) is 0 Å². The van der Waals surface area contributed by atoms with Gasteiger partial charge in [-0.1, -0.05) is 26.0 Å². The Hall–Kier alpha value is -2.45. The second-order valence-corrected chi connectivity index (χ2v) is 8.40. The fourth-order valence-electron chi connectivity index (χ4n) is 2.99. The molecule has 0 radical (unpaired) electrons. The molecule has 0 saturated heterocycles. The second kappa shape index (κ2) is 10.0. The van der Waals surface area contributed by atoms with Crippen molar-refractivity contribution < 1.29 is 37.0 Å². The molecule has 0 aromatic heterocycles. The van der Waals surface area contributed by atoms with E-state index in [2.05, 4.69) is 10.1 Å². The highest BCUT2D eigenvalue weighted by Gasteiger charge is 2.32. The summed E-state index contributed by atoms with van der Waals surface area (Å²) in [6.07, 6.45) is -6.09. The smallest absolute Gasteiger partial charge is 0.460 e. The molecule has 30 heavy (non-hydrogen) atoms. The largest absolute Gasteiger partial charge is 0.573 e. The van der Waals surface area contributed by atoms with Crippen molar-refractivity contribution >= 4 is 12.1 Å². The minimum Gasteiger partial charge on any atom is -0.460 e. The van der Waals surface area contributed by atoms with Crippen molar-refractivity contribution in [3.05, 3.63) is 29.8 Å². The normalized spacial score (nSPS) is 15.2. The van der Waals surface area contributed by atoms with Gasteiger partial charge in [0.25, 0.3) is 0 Å². The maximum absolute atomic E-state index is 12.4. The van der Waals surface area contributed by atoms with E-state index in [-0.39, 0.29) is 17.6 Å². The number of hydrogen-bond donors (Lipinski definition) is 1. The first-order valence-electron chi connectivity index (χ1n) is 9.64. The Labute approximate surface area is 175 Å². The lowest BCUT2D eigenvalue weighted by atomic mass is 9.84. The third-order valence-corrected chi connectivity index (χ3v) is 4.11. The highest BCUT2D eigenvalue weighted by atomic mass is 19.4. The Morgan fingerprint density at radius 1 is 0.967 bits per heavy atom.